The molecule has 1 N–H and O–H groups in total. The maximum atomic E-state index is 13.5. The maximum absolute atomic E-state index is 13.5. The molecule has 0 aromatic heterocycles. The Bertz CT molecular complexity index is 1250. The fourth-order valence-corrected chi connectivity index (χ4v) is 7.40. The van der Waals surface area contributed by atoms with Crippen LogP contribution in [-0.4, -0.2) is 105 Å². The fourth-order valence-electron chi connectivity index (χ4n) is 6.42. The molecule has 1 saturated carbocycles. The van der Waals surface area contributed by atoms with Crippen LogP contribution < -0.4 is 0 Å². The zero-order chi connectivity index (χ0) is 31.7. The van der Waals surface area contributed by atoms with Crippen LogP contribution in [0.4, 0.5) is 18.0 Å². The van der Waals surface area contributed by atoms with E-state index in [0.717, 1.165) is 36.1 Å². The number of carbonyl (C=O) groups excluding carboxylic acids is 2. The average Bonchev–Trinajstić information content (AvgIpc) is 3.09. The van der Waals surface area contributed by atoms with Gasteiger partial charge in [-0.25, -0.2) is 4.79 Å². The smallest absolute Gasteiger partial charge is 0.417 e. The summed E-state index contributed by atoms with van der Waals surface area (Å²) in [6, 6.07) is 4.14. The third-order valence-electron chi connectivity index (χ3n) is 8.57. The van der Waals surface area contributed by atoms with Crippen molar-refractivity contribution in [2.45, 2.75) is 94.2 Å². The lowest BCUT2D eigenvalue weighted by atomic mass is 9.89. The summed E-state index contributed by atoms with van der Waals surface area (Å²) in [6.45, 7) is 10.2. The number of rotatable bonds is 9. The van der Waals surface area contributed by atoms with E-state index in [2.05, 4.69) is 4.90 Å². The molecule has 1 aromatic rings. The van der Waals surface area contributed by atoms with Crippen molar-refractivity contribution in [2.24, 2.45) is 0 Å². The van der Waals surface area contributed by atoms with E-state index in [-0.39, 0.29) is 35.7 Å². The third-order valence-corrected chi connectivity index (χ3v) is 9.54. The topological polar surface area (TPSA) is 117 Å². The molecule has 0 radical (unpaired) electrons. The Kier molecular flexibility index (Phi) is 10.0. The van der Waals surface area contributed by atoms with Crippen molar-refractivity contribution in [1.29, 1.82) is 5.26 Å². The molecular weight excluding hydrogens is 587 g/mol. The Labute approximate surface area is 253 Å². The number of nitriles is 1. The minimum absolute atomic E-state index is 0.0147. The van der Waals surface area contributed by atoms with Gasteiger partial charge in [0.1, 0.15) is 5.54 Å². The van der Waals surface area contributed by atoms with Gasteiger partial charge in [0.15, 0.2) is 0 Å². The molecule has 0 spiro atoms. The first-order chi connectivity index (χ1) is 20.1. The van der Waals surface area contributed by atoms with Gasteiger partial charge in [0, 0.05) is 42.7 Å². The summed E-state index contributed by atoms with van der Waals surface area (Å²) >= 11 is 0.637. The zero-order valence-corrected chi connectivity index (χ0v) is 25.6. The number of ether oxygens (including phenoxy) is 1. The summed E-state index contributed by atoms with van der Waals surface area (Å²) in [5.74, 6) is -1.34. The van der Waals surface area contributed by atoms with E-state index in [9.17, 15) is 27.6 Å². The molecule has 1 aliphatic carbocycles. The van der Waals surface area contributed by atoms with E-state index in [1.54, 1.807) is 18.7 Å². The van der Waals surface area contributed by atoms with Crippen LogP contribution in [0.3, 0.4) is 0 Å². The second-order valence-electron chi connectivity index (χ2n) is 12.0. The summed E-state index contributed by atoms with van der Waals surface area (Å²) < 4.78 is 47.4. The van der Waals surface area contributed by atoms with E-state index >= 15 is 0 Å². The molecule has 4 rings (SSSR count). The van der Waals surface area contributed by atoms with Gasteiger partial charge in [0.25, 0.3) is 5.91 Å². The van der Waals surface area contributed by atoms with Gasteiger partial charge in [-0.1, -0.05) is 0 Å². The number of halogens is 3. The maximum Gasteiger partial charge on any atom is 0.417 e. The number of alkyl halides is 3. The molecule has 2 atom stereocenters. The van der Waals surface area contributed by atoms with Gasteiger partial charge < -0.3 is 14.7 Å². The average molecular weight is 626 g/mol. The number of piperazine rings is 1. The van der Waals surface area contributed by atoms with Gasteiger partial charge in [0.2, 0.25) is 0 Å². The summed E-state index contributed by atoms with van der Waals surface area (Å²) in [5, 5.41) is 18.2. The highest BCUT2D eigenvalue weighted by molar-refractivity contribution is 7.98. The largest absolute Gasteiger partial charge is 0.480 e. The van der Waals surface area contributed by atoms with E-state index in [1.165, 1.54) is 12.1 Å². The van der Waals surface area contributed by atoms with Gasteiger partial charge in [0.05, 0.1) is 36.5 Å². The second-order valence-corrected chi connectivity index (χ2v) is 13.1. The first-order valence-electron chi connectivity index (χ1n) is 14.4. The first-order valence-corrected chi connectivity index (χ1v) is 15.2. The van der Waals surface area contributed by atoms with Crippen molar-refractivity contribution in [3.63, 3.8) is 0 Å². The molecular formula is C29H38F3N5O5S. The van der Waals surface area contributed by atoms with Crippen molar-refractivity contribution < 1.29 is 37.4 Å². The molecule has 14 heteroatoms. The van der Waals surface area contributed by atoms with Crippen molar-refractivity contribution in [1.82, 2.24) is 19.0 Å². The number of carbonyl (C=O) groups is 3. The Morgan fingerprint density at radius 2 is 1.77 bits per heavy atom. The van der Waals surface area contributed by atoms with E-state index in [0.29, 0.717) is 44.2 Å². The second kappa shape index (κ2) is 13.0. The van der Waals surface area contributed by atoms with Gasteiger partial charge in [-0.2, -0.15) is 22.7 Å². The minimum atomic E-state index is -4.75. The highest BCUT2D eigenvalue weighted by Crippen LogP contribution is 2.42. The SMILES string of the molecule is C[C@@H]1CN(CCOC2CCC(N3C(=O)N(Sc4ccc(C#N)c(C(F)(F)F)c4)C(=O)C3(C)C)CC2)C[C@H](C)N1CC(=O)O. The fraction of sp³-hybridized carbons (Fsp3) is 0.655. The number of carboxylic acids is 1. The van der Waals surface area contributed by atoms with Crippen molar-refractivity contribution in [2.75, 3.05) is 32.8 Å². The van der Waals surface area contributed by atoms with Crippen LogP contribution in [0.1, 0.15) is 64.5 Å². The number of carboxylic acid groups (broad SMARTS) is 1. The molecule has 10 nitrogen and oxygen atoms in total. The van der Waals surface area contributed by atoms with Crippen LogP contribution in [0.5, 0.6) is 0 Å². The number of hydrogen-bond donors (Lipinski definition) is 1. The standard InChI is InChI=1S/C29H38F3N5O5S/c1-18-15-34(16-19(2)35(18)17-25(38)39)11-12-42-22-8-6-21(7-9-22)36-27(41)37(26(40)28(36,3)4)43-23-10-5-20(14-33)24(13-23)29(30,31)32/h5,10,13,18-19,21-22H,6-9,11-12,15-17H2,1-4H3,(H,38,39)/t18-,19+,21?,22?. The van der Waals surface area contributed by atoms with Gasteiger partial charge >= 0.3 is 18.2 Å². The molecule has 3 amide bonds. The van der Waals surface area contributed by atoms with Gasteiger partial charge in [-0.3, -0.25) is 19.4 Å². The normalized spacial score (nSPS) is 27.0. The molecule has 236 valence electrons. The Hall–Kier alpha value is -2.86. The third kappa shape index (κ3) is 7.28. The Balaban J connectivity index is 1.30. The van der Waals surface area contributed by atoms with Crippen LogP contribution in [0, 0.1) is 11.3 Å². The number of nitrogens with zero attached hydrogens (tertiary/aromatic N) is 5. The molecule has 2 saturated heterocycles. The van der Waals surface area contributed by atoms with Crippen LogP contribution in [-0.2, 0) is 20.5 Å². The van der Waals surface area contributed by atoms with Crippen LogP contribution in [0.15, 0.2) is 23.1 Å². The van der Waals surface area contributed by atoms with E-state index in [4.69, 9.17) is 15.1 Å². The van der Waals surface area contributed by atoms with Crippen molar-refractivity contribution >= 4 is 29.9 Å². The number of urea groups is 1. The van der Waals surface area contributed by atoms with Crippen LogP contribution >= 0.6 is 11.9 Å². The molecule has 3 fully saturated rings. The molecule has 0 unspecified atom stereocenters. The lowest BCUT2D eigenvalue weighted by Crippen LogP contribution is -2.58. The lowest BCUT2D eigenvalue weighted by Gasteiger charge is -2.44. The number of aliphatic carboxylic acids is 1. The minimum Gasteiger partial charge on any atom is -0.480 e. The first kappa shape index (κ1) is 33.0. The molecule has 2 aliphatic heterocycles. The molecule has 43 heavy (non-hydrogen) atoms. The van der Waals surface area contributed by atoms with Crippen molar-refractivity contribution in [3.05, 3.63) is 29.3 Å². The Morgan fingerprint density at radius 3 is 2.33 bits per heavy atom. The number of benzene rings is 1. The number of amides is 3. The molecule has 2 heterocycles. The molecule has 3 aliphatic rings. The van der Waals surface area contributed by atoms with Gasteiger partial charge in [-0.15, -0.1) is 0 Å². The summed E-state index contributed by atoms with van der Waals surface area (Å²) in [4.78, 5) is 43.8. The highest BCUT2D eigenvalue weighted by Gasteiger charge is 2.54. The van der Waals surface area contributed by atoms with Crippen LogP contribution in [0.25, 0.3) is 0 Å². The molecule has 1 aromatic carbocycles. The summed E-state index contributed by atoms with van der Waals surface area (Å²) in [6.07, 6.45) is -2.07. The zero-order valence-electron chi connectivity index (χ0n) is 24.8. The lowest BCUT2D eigenvalue weighted by molar-refractivity contribution is -0.141. The van der Waals surface area contributed by atoms with Gasteiger partial charge in [-0.05, 0) is 83.5 Å². The monoisotopic (exact) mass is 625 g/mol. The quantitative estimate of drug-likeness (QED) is 0.314. The summed E-state index contributed by atoms with van der Waals surface area (Å²) in [5.41, 5.74) is -2.81. The predicted molar refractivity (Wildman–Crippen MR) is 152 cm³/mol. The van der Waals surface area contributed by atoms with E-state index < -0.39 is 40.7 Å². The van der Waals surface area contributed by atoms with Crippen molar-refractivity contribution in [3.8, 4) is 6.07 Å². The van der Waals surface area contributed by atoms with Crippen LogP contribution in [0.2, 0.25) is 0 Å². The number of imide groups is 1. The molecule has 0 bridgehead atoms. The Morgan fingerprint density at radius 1 is 1.14 bits per heavy atom. The predicted octanol–water partition coefficient (Wildman–Crippen LogP) is 4.43. The summed E-state index contributed by atoms with van der Waals surface area (Å²) in [7, 11) is 0. The highest BCUT2D eigenvalue weighted by atomic mass is 32.2. The number of hydrogen-bond acceptors (Lipinski definition) is 8. The van der Waals surface area contributed by atoms with E-state index in [1.807, 2.05) is 18.7 Å².